The minimum Gasteiger partial charge on any atom is -0.393 e. The van der Waals surface area contributed by atoms with Crippen molar-refractivity contribution in [3.05, 3.63) is 59.7 Å². The van der Waals surface area contributed by atoms with Gasteiger partial charge in [-0.1, -0.05) is 42.5 Å². The van der Waals surface area contributed by atoms with Crippen molar-refractivity contribution < 1.29 is 9.90 Å². The van der Waals surface area contributed by atoms with Crippen LogP contribution in [0.15, 0.2) is 48.5 Å². The van der Waals surface area contributed by atoms with E-state index in [1.807, 2.05) is 42.5 Å². The molecule has 1 atom stereocenters. The predicted molar refractivity (Wildman–Crippen MR) is 97.8 cm³/mol. The van der Waals surface area contributed by atoms with Gasteiger partial charge in [-0.25, -0.2) is 4.79 Å². The molecule has 0 radical (unpaired) electrons. The first-order valence-electron chi connectivity index (χ1n) is 8.26. The molecule has 0 bridgehead atoms. The van der Waals surface area contributed by atoms with Crippen molar-refractivity contribution in [3.63, 3.8) is 0 Å². The molecule has 0 saturated carbocycles. The van der Waals surface area contributed by atoms with Crippen molar-refractivity contribution >= 4 is 6.03 Å². The minimum atomic E-state index is -0.418. The van der Waals surface area contributed by atoms with E-state index in [-0.39, 0.29) is 6.03 Å². The molecule has 0 heterocycles. The maximum absolute atomic E-state index is 12.0. The Morgan fingerprint density at radius 3 is 2.56 bits per heavy atom. The number of amides is 2. The summed E-state index contributed by atoms with van der Waals surface area (Å²) in [6.07, 6.45) is 0.135. The monoisotopic (exact) mass is 337 g/mol. The zero-order valence-electron chi connectivity index (χ0n) is 14.6. The summed E-state index contributed by atoms with van der Waals surface area (Å²) in [5.41, 5.74) is 3.50. The van der Waals surface area contributed by atoms with Crippen LogP contribution in [0.2, 0.25) is 0 Å². The second-order valence-corrected chi connectivity index (χ2v) is 6.07. The molecular formula is C20H23N3O2. The fourth-order valence-electron chi connectivity index (χ4n) is 2.43. The summed E-state index contributed by atoms with van der Waals surface area (Å²) in [6.45, 7) is 2.64. The quantitative estimate of drug-likeness (QED) is 0.850. The molecule has 2 amide bonds. The first-order valence-corrected chi connectivity index (χ1v) is 8.26. The van der Waals surface area contributed by atoms with Crippen molar-refractivity contribution in [3.8, 4) is 17.2 Å². The highest BCUT2D eigenvalue weighted by atomic mass is 16.3. The van der Waals surface area contributed by atoms with E-state index in [1.54, 1.807) is 24.9 Å². The molecule has 2 rings (SSSR count). The van der Waals surface area contributed by atoms with Gasteiger partial charge in [0.2, 0.25) is 0 Å². The summed E-state index contributed by atoms with van der Waals surface area (Å²) in [7, 11) is 1.71. The number of nitriles is 1. The van der Waals surface area contributed by atoms with Crippen molar-refractivity contribution in [2.24, 2.45) is 0 Å². The first-order chi connectivity index (χ1) is 12.0. The number of rotatable bonds is 6. The summed E-state index contributed by atoms with van der Waals surface area (Å²) in [5.74, 6) is 0. The van der Waals surface area contributed by atoms with Gasteiger partial charge in [-0.05, 0) is 36.1 Å². The number of nitrogens with one attached hydrogen (secondary N) is 1. The molecule has 0 fully saturated rings. The maximum atomic E-state index is 12.0. The van der Waals surface area contributed by atoms with E-state index in [0.717, 1.165) is 16.7 Å². The van der Waals surface area contributed by atoms with Crippen LogP contribution < -0.4 is 5.32 Å². The highest BCUT2D eigenvalue weighted by Gasteiger charge is 2.09. The number of hydrogen-bond acceptors (Lipinski definition) is 3. The second-order valence-electron chi connectivity index (χ2n) is 6.07. The Morgan fingerprint density at radius 2 is 1.92 bits per heavy atom. The van der Waals surface area contributed by atoms with Gasteiger partial charge in [-0.2, -0.15) is 5.26 Å². The summed E-state index contributed by atoms with van der Waals surface area (Å²) < 4.78 is 0. The first kappa shape index (κ1) is 18.5. The van der Waals surface area contributed by atoms with Gasteiger partial charge in [0.15, 0.2) is 0 Å². The fourth-order valence-corrected chi connectivity index (χ4v) is 2.43. The number of nitrogens with zero attached hydrogens (tertiary/aromatic N) is 2. The largest absolute Gasteiger partial charge is 0.393 e. The molecule has 0 aliphatic carbocycles. The highest BCUT2D eigenvalue weighted by Crippen LogP contribution is 2.23. The molecule has 0 spiro atoms. The van der Waals surface area contributed by atoms with Gasteiger partial charge in [0.05, 0.1) is 17.7 Å². The molecule has 2 N–H and O–H groups in total. The van der Waals surface area contributed by atoms with Gasteiger partial charge < -0.3 is 15.3 Å². The van der Waals surface area contributed by atoms with Crippen LogP contribution >= 0.6 is 0 Å². The number of urea groups is 1. The predicted octanol–water partition coefficient (Wildman–Crippen LogP) is 3.14. The van der Waals surface area contributed by atoms with E-state index in [4.69, 9.17) is 0 Å². The minimum absolute atomic E-state index is 0.167. The van der Waals surface area contributed by atoms with Crippen LogP contribution in [-0.2, 0) is 6.54 Å². The van der Waals surface area contributed by atoms with Crippen molar-refractivity contribution in [2.75, 3.05) is 13.6 Å². The second kappa shape index (κ2) is 8.86. The summed E-state index contributed by atoms with van der Waals surface area (Å²) in [5, 5.41) is 21.3. The molecule has 0 aromatic heterocycles. The van der Waals surface area contributed by atoms with Crippen molar-refractivity contribution in [1.29, 1.82) is 5.26 Å². The zero-order valence-corrected chi connectivity index (χ0v) is 14.6. The number of benzene rings is 2. The number of aliphatic hydroxyl groups excluding tert-OH is 1. The van der Waals surface area contributed by atoms with Crippen LogP contribution in [0.4, 0.5) is 4.79 Å². The standard InChI is InChI=1S/C20H23N3O2/c1-15(24)11-12-23(2)20(25)22-14-16-7-9-17(10-8-16)19-6-4-3-5-18(19)13-21/h3-10,15,24H,11-12,14H2,1-2H3,(H,22,25)/t15-/m0/s1. The Morgan fingerprint density at radius 1 is 1.24 bits per heavy atom. The third kappa shape index (κ3) is 5.33. The number of carbonyl (C=O) groups excluding carboxylic acids is 1. The SMILES string of the molecule is C[C@H](O)CCN(C)C(=O)NCc1ccc(-c2ccccc2C#N)cc1. The number of aliphatic hydroxyl groups is 1. The molecule has 0 aliphatic rings. The Hall–Kier alpha value is -2.84. The molecule has 5 nitrogen and oxygen atoms in total. The lowest BCUT2D eigenvalue weighted by Crippen LogP contribution is -2.38. The third-order valence-electron chi connectivity index (χ3n) is 3.99. The summed E-state index contributed by atoms with van der Waals surface area (Å²) >= 11 is 0. The average molecular weight is 337 g/mol. The molecule has 0 aliphatic heterocycles. The molecule has 0 saturated heterocycles. The fraction of sp³-hybridized carbons (Fsp3) is 0.300. The molecule has 25 heavy (non-hydrogen) atoms. The van der Waals surface area contributed by atoms with Gasteiger partial charge in [0.25, 0.3) is 0 Å². The van der Waals surface area contributed by atoms with E-state index in [9.17, 15) is 15.2 Å². The Labute approximate surface area is 148 Å². The van der Waals surface area contributed by atoms with E-state index in [0.29, 0.717) is 25.1 Å². The molecule has 2 aromatic carbocycles. The molecule has 0 unspecified atom stereocenters. The topological polar surface area (TPSA) is 76.4 Å². The van der Waals surface area contributed by atoms with Gasteiger partial charge in [0, 0.05) is 20.1 Å². The Balaban J connectivity index is 1.95. The van der Waals surface area contributed by atoms with Crippen molar-refractivity contribution in [1.82, 2.24) is 10.2 Å². The number of carbonyl (C=O) groups is 1. The van der Waals surface area contributed by atoms with Crippen LogP contribution in [0.1, 0.15) is 24.5 Å². The lowest BCUT2D eigenvalue weighted by atomic mass is 9.99. The maximum Gasteiger partial charge on any atom is 0.317 e. The van der Waals surface area contributed by atoms with Crippen LogP contribution in [0.25, 0.3) is 11.1 Å². The normalized spacial score (nSPS) is 11.4. The molecular weight excluding hydrogens is 314 g/mol. The van der Waals surface area contributed by atoms with Gasteiger partial charge in [0.1, 0.15) is 0 Å². The molecule has 130 valence electrons. The molecule has 2 aromatic rings. The highest BCUT2D eigenvalue weighted by molar-refractivity contribution is 5.74. The number of hydrogen-bond donors (Lipinski definition) is 2. The van der Waals surface area contributed by atoms with E-state index >= 15 is 0 Å². The third-order valence-corrected chi connectivity index (χ3v) is 3.99. The van der Waals surface area contributed by atoms with Crippen molar-refractivity contribution in [2.45, 2.75) is 26.0 Å². The van der Waals surface area contributed by atoms with Crippen LogP contribution in [-0.4, -0.2) is 35.7 Å². The van der Waals surface area contributed by atoms with Gasteiger partial charge in [-0.3, -0.25) is 0 Å². The molecule has 5 heteroatoms. The summed E-state index contributed by atoms with van der Waals surface area (Å²) in [4.78, 5) is 13.6. The van der Waals surface area contributed by atoms with Gasteiger partial charge in [-0.15, -0.1) is 0 Å². The van der Waals surface area contributed by atoms with E-state index in [2.05, 4.69) is 11.4 Å². The average Bonchev–Trinajstić information content (AvgIpc) is 2.64. The lowest BCUT2D eigenvalue weighted by Gasteiger charge is -2.18. The Bertz CT molecular complexity index is 748. The van der Waals surface area contributed by atoms with Crippen LogP contribution in [0.3, 0.4) is 0 Å². The van der Waals surface area contributed by atoms with E-state index in [1.165, 1.54) is 0 Å². The lowest BCUT2D eigenvalue weighted by molar-refractivity contribution is 0.163. The summed E-state index contributed by atoms with van der Waals surface area (Å²) in [6, 6.07) is 17.3. The van der Waals surface area contributed by atoms with E-state index < -0.39 is 6.10 Å². The Kier molecular flexibility index (Phi) is 6.55. The smallest absolute Gasteiger partial charge is 0.317 e. The van der Waals surface area contributed by atoms with Crippen LogP contribution in [0, 0.1) is 11.3 Å². The van der Waals surface area contributed by atoms with Crippen LogP contribution in [0.5, 0.6) is 0 Å². The zero-order chi connectivity index (χ0) is 18.2. The van der Waals surface area contributed by atoms with Gasteiger partial charge >= 0.3 is 6.03 Å².